The molecular formula is C5H12BNS. The monoisotopic (exact) mass is 129 g/mol. The fourth-order valence-electron chi connectivity index (χ4n) is 0.523. The summed E-state index contributed by atoms with van der Waals surface area (Å²) in [7, 11) is 1.43. The van der Waals surface area contributed by atoms with Gasteiger partial charge in [-0.15, -0.1) is 0 Å². The van der Waals surface area contributed by atoms with Crippen molar-refractivity contribution in [3.05, 3.63) is 0 Å². The summed E-state index contributed by atoms with van der Waals surface area (Å²) >= 11 is 2.03. The predicted molar refractivity (Wildman–Crippen MR) is 41.9 cm³/mol. The van der Waals surface area contributed by atoms with Gasteiger partial charge in [0.15, 0.2) is 0 Å². The van der Waals surface area contributed by atoms with Gasteiger partial charge in [-0.2, -0.15) is 11.8 Å². The van der Waals surface area contributed by atoms with E-state index in [4.69, 9.17) is 5.73 Å². The Morgan fingerprint density at radius 1 is 2.00 bits per heavy atom. The number of nitrogens with two attached hydrogens (primary N) is 1. The van der Waals surface area contributed by atoms with Crippen molar-refractivity contribution in [2.75, 3.05) is 5.75 Å². The number of rotatable bonds is 3. The van der Waals surface area contributed by atoms with E-state index in [1.807, 2.05) is 11.8 Å². The Morgan fingerprint density at radius 2 is 2.62 bits per heavy atom. The first-order valence-corrected chi connectivity index (χ1v) is 4.21. The van der Waals surface area contributed by atoms with Crippen LogP contribution >= 0.6 is 11.8 Å². The predicted octanol–water partition coefficient (Wildman–Crippen LogP) is 0.261. The van der Waals surface area contributed by atoms with Gasteiger partial charge in [0.25, 0.3) is 0 Å². The second kappa shape index (κ2) is 2.78. The molecule has 8 heavy (non-hydrogen) atoms. The number of hydrogen-bond donors (Lipinski definition) is 1. The molecule has 1 unspecified atom stereocenters. The highest BCUT2D eigenvalue weighted by Gasteiger charge is 2.23. The van der Waals surface area contributed by atoms with Crippen LogP contribution in [-0.4, -0.2) is 24.2 Å². The molecule has 46 valence electrons. The molecule has 0 aromatic rings. The summed E-state index contributed by atoms with van der Waals surface area (Å²) in [5.41, 5.74) is 5.55. The van der Waals surface area contributed by atoms with Gasteiger partial charge in [0.2, 0.25) is 0 Å². The van der Waals surface area contributed by atoms with Crippen LogP contribution in [0.15, 0.2) is 0 Å². The molecule has 0 radical (unpaired) electrons. The van der Waals surface area contributed by atoms with Crippen molar-refractivity contribution in [1.82, 2.24) is 0 Å². The molecule has 1 nitrogen and oxygen atoms in total. The van der Waals surface area contributed by atoms with Gasteiger partial charge < -0.3 is 5.73 Å². The maximum absolute atomic E-state index is 5.55. The lowest BCUT2D eigenvalue weighted by Gasteiger charge is -2.01. The quantitative estimate of drug-likeness (QED) is 0.553. The highest BCUT2D eigenvalue weighted by Crippen LogP contribution is 2.26. The molecule has 0 amide bonds. The van der Waals surface area contributed by atoms with Crippen molar-refractivity contribution in [2.45, 2.75) is 24.4 Å². The molecular weight excluding hydrogens is 117 g/mol. The van der Waals surface area contributed by atoms with Crippen molar-refractivity contribution < 1.29 is 0 Å². The molecule has 1 aliphatic rings. The number of thioether (sulfide) groups is 1. The largest absolute Gasteiger partial charge is 0.327 e. The smallest absolute Gasteiger partial charge is 0.136 e. The van der Waals surface area contributed by atoms with Gasteiger partial charge in [-0.3, -0.25) is 0 Å². The van der Waals surface area contributed by atoms with Crippen molar-refractivity contribution in [3.8, 4) is 0 Å². The van der Waals surface area contributed by atoms with E-state index in [0.717, 1.165) is 10.9 Å². The average Bonchev–Trinajstić information content (AvgIpc) is 2.41. The van der Waals surface area contributed by atoms with Crippen LogP contribution in [0.5, 0.6) is 0 Å². The fraction of sp³-hybridized carbons (Fsp3) is 1.00. The summed E-state index contributed by atoms with van der Waals surface area (Å²) in [5.74, 6) is 1.14. The van der Waals surface area contributed by atoms with E-state index in [-0.39, 0.29) is 0 Å². The lowest BCUT2D eigenvalue weighted by Crippen LogP contribution is -2.17. The van der Waals surface area contributed by atoms with Gasteiger partial charge in [0, 0.05) is 11.8 Å². The average molecular weight is 129 g/mol. The summed E-state index contributed by atoms with van der Waals surface area (Å²) in [6.07, 6.45) is 1.43. The zero-order valence-electron chi connectivity index (χ0n) is 5.26. The Balaban J connectivity index is 1.87. The second-order valence-electron chi connectivity index (χ2n) is 2.51. The molecule has 3 heteroatoms. The molecule has 1 fully saturated rings. The molecule has 0 spiro atoms. The molecule has 1 saturated heterocycles. The van der Waals surface area contributed by atoms with Gasteiger partial charge in [-0.25, -0.2) is 0 Å². The van der Waals surface area contributed by atoms with Gasteiger partial charge in [0.1, 0.15) is 7.28 Å². The minimum atomic E-state index is 0.389. The van der Waals surface area contributed by atoms with Gasteiger partial charge >= 0.3 is 0 Å². The highest BCUT2D eigenvalue weighted by molar-refractivity contribution is 8.02. The Bertz CT molecular complexity index is 70.8. The lowest BCUT2D eigenvalue weighted by atomic mass is 10.1. The molecule has 0 aromatic carbocycles. The van der Waals surface area contributed by atoms with Gasteiger partial charge in [-0.1, -0.05) is 6.32 Å². The summed E-state index contributed by atoms with van der Waals surface area (Å²) in [5, 5.41) is 0.973. The second-order valence-corrected chi connectivity index (χ2v) is 3.84. The third-order valence-electron chi connectivity index (χ3n) is 1.12. The normalized spacial score (nSPS) is 29.0. The van der Waals surface area contributed by atoms with Crippen molar-refractivity contribution in [3.63, 3.8) is 0 Å². The molecule has 2 atom stereocenters. The van der Waals surface area contributed by atoms with E-state index in [2.05, 4.69) is 6.92 Å². The molecule has 0 bridgehead atoms. The first-order chi connectivity index (χ1) is 3.79. The summed E-state index contributed by atoms with van der Waals surface area (Å²) in [6.45, 7) is 2.06. The summed E-state index contributed by atoms with van der Waals surface area (Å²) < 4.78 is 0. The Labute approximate surface area is 55.6 Å². The van der Waals surface area contributed by atoms with Gasteiger partial charge in [-0.05, 0) is 12.1 Å². The first-order valence-electron chi connectivity index (χ1n) is 3.16. The third kappa shape index (κ3) is 2.63. The van der Waals surface area contributed by atoms with Crippen LogP contribution < -0.4 is 5.73 Å². The van der Waals surface area contributed by atoms with Crippen molar-refractivity contribution in [1.29, 1.82) is 0 Å². The first kappa shape index (κ1) is 6.49. The molecule has 0 aromatic heterocycles. The molecule has 1 heterocycles. The minimum absolute atomic E-state index is 0.389. The van der Waals surface area contributed by atoms with E-state index >= 15 is 0 Å². The molecule has 0 saturated carbocycles. The summed E-state index contributed by atoms with van der Waals surface area (Å²) in [6, 6.07) is 0.389. The van der Waals surface area contributed by atoms with Crippen LogP contribution in [0.25, 0.3) is 0 Å². The van der Waals surface area contributed by atoms with E-state index in [9.17, 15) is 0 Å². The van der Waals surface area contributed by atoms with E-state index < -0.39 is 0 Å². The fourth-order valence-corrected chi connectivity index (χ4v) is 1.57. The summed E-state index contributed by atoms with van der Waals surface area (Å²) in [4.78, 5) is 0. The Hall–Kier alpha value is 0.375. The highest BCUT2D eigenvalue weighted by atomic mass is 32.2. The minimum Gasteiger partial charge on any atom is -0.327 e. The number of hydrogen-bond acceptors (Lipinski definition) is 2. The topological polar surface area (TPSA) is 26.0 Å². The SMILES string of the molecule is C[C@@H](N)CSC1BC1. The molecule has 0 aliphatic carbocycles. The molecule has 2 N–H and O–H groups in total. The third-order valence-corrected chi connectivity index (χ3v) is 2.78. The zero-order valence-corrected chi connectivity index (χ0v) is 6.08. The Morgan fingerprint density at radius 3 is 3.00 bits per heavy atom. The lowest BCUT2D eigenvalue weighted by molar-refractivity contribution is 0.847. The van der Waals surface area contributed by atoms with E-state index in [1.165, 1.54) is 13.6 Å². The van der Waals surface area contributed by atoms with Crippen LogP contribution in [0.4, 0.5) is 0 Å². The molecule has 1 aliphatic heterocycles. The van der Waals surface area contributed by atoms with Crippen LogP contribution in [-0.2, 0) is 0 Å². The van der Waals surface area contributed by atoms with E-state index in [1.54, 1.807) is 0 Å². The van der Waals surface area contributed by atoms with Gasteiger partial charge in [0.05, 0.1) is 0 Å². The van der Waals surface area contributed by atoms with Crippen LogP contribution in [0.1, 0.15) is 6.92 Å². The molecule has 1 rings (SSSR count). The van der Waals surface area contributed by atoms with Crippen LogP contribution in [0.3, 0.4) is 0 Å². The standard InChI is InChI=1S/C5H12BNS/c1-4(7)3-8-5-2-6-5/h4-6H,2-3,7H2,1H3/t4-,5?/m1/s1. The van der Waals surface area contributed by atoms with Crippen LogP contribution in [0.2, 0.25) is 6.32 Å². The van der Waals surface area contributed by atoms with E-state index in [0.29, 0.717) is 6.04 Å². The van der Waals surface area contributed by atoms with Crippen molar-refractivity contribution in [2.24, 2.45) is 5.73 Å². The maximum atomic E-state index is 5.55. The maximum Gasteiger partial charge on any atom is 0.136 e. The zero-order chi connectivity index (χ0) is 5.98. The van der Waals surface area contributed by atoms with Crippen LogP contribution in [0, 0.1) is 0 Å². The Kier molecular flexibility index (Phi) is 2.26. The van der Waals surface area contributed by atoms with Crippen molar-refractivity contribution >= 4 is 19.0 Å².